The molecule has 1 rings (SSSR count). The third kappa shape index (κ3) is 7.20. The fourth-order valence-electron chi connectivity index (χ4n) is 1.83. The molecular formula is C13H21N7O5. The van der Waals surface area contributed by atoms with Crippen molar-refractivity contribution in [1.82, 2.24) is 25.9 Å². The van der Waals surface area contributed by atoms with Crippen molar-refractivity contribution in [3.63, 3.8) is 0 Å². The quantitative estimate of drug-likeness (QED) is 0.235. The van der Waals surface area contributed by atoms with Gasteiger partial charge in [-0.3, -0.25) is 19.4 Å². The highest BCUT2D eigenvalue weighted by Gasteiger charge is 2.13. The van der Waals surface area contributed by atoms with Gasteiger partial charge in [-0.2, -0.15) is 0 Å². The van der Waals surface area contributed by atoms with Gasteiger partial charge in [-0.15, -0.1) is 0 Å². The number of nitrogens with two attached hydrogens (primary N) is 2. The Kier molecular flexibility index (Phi) is 7.69. The summed E-state index contributed by atoms with van der Waals surface area (Å²) < 4.78 is 0. The van der Waals surface area contributed by atoms with E-state index in [1.165, 1.54) is 0 Å². The summed E-state index contributed by atoms with van der Waals surface area (Å²) in [7, 11) is 0. The van der Waals surface area contributed by atoms with Gasteiger partial charge in [-0.05, 0) is 12.8 Å². The Morgan fingerprint density at radius 1 is 0.920 bits per heavy atom. The number of primary amides is 1. The fourth-order valence-corrected chi connectivity index (χ4v) is 1.83. The number of amides is 4. The van der Waals surface area contributed by atoms with Crippen LogP contribution in [0.2, 0.25) is 0 Å². The van der Waals surface area contributed by atoms with Crippen LogP contribution in [0.1, 0.15) is 29.8 Å². The number of nitrogen functional groups attached to an aromatic ring is 1. The van der Waals surface area contributed by atoms with Gasteiger partial charge in [-0.25, -0.2) is 9.59 Å². The summed E-state index contributed by atoms with van der Waals surface area (Å²) >= 11 is 0. The smallest absolute Gasteiger partial charge is 0.326 e. The lowest BCUT2D eigenvalue weighted by molar-refractivity contribution is -0.120. The maximum Gasteiger partial charge on any atom is 0.326 e. The minimum absolute atomic E-state index is 0.120. The van der Waals surface area contributed by atoms with Crippen molar-refractivity contribution < 1.29 is 14.4 Å². The van der Waals surface area contributed by atoms with Gasteiger partial charge in [0.25, 0.3) is 11.5 Å². The van der Waals surface area contributed by atoms with Crippen LogP contribution in [0.3, 0.4) is 0 Å². The Hall–Kier alpha value is -3.31. The molecule has 0 bridgehead atoms. The molecule has 1 aromatic rings. The molecule has 0 radical (unpaired) electrons. The summed E-state index contributed by atoms with van der Waals surface area (Å²) in [6, 6.07) is -0.689. The number of aromatic nitrogens is 2. The predicted octanol–water partition coefficient (Wildman–Crippen LogP) is -2.67. The van der Waals surface area contributed by atoms with Crippen LogP contribution >= 0.6 is 0 Å². The average Bonchev–Trinajstić information content (AvgIpc) is 2.53. The zero-order chi connectivity index (χ0) is 18.8. The molecule has 1 aromatic heterocycles. The van der Waals surface area contributed by atoms with E-state index in [9.17, 15) is 24.0 Å². The Morgan fingerprint density at radius 2 is 1.56 bits per heavy atom. The van der Waals surface area contributed by atoms with Crippen molar-refractivity contribution in [2.24, 2.45) is 5.73 Å². The molecule has 138 valence electrons. The summed E-state index contributed by atoms with van der Waals surface area (Å²) in [6.45, 7) is 0.828. The maximum absolute atomic E-state index is 11.9. The minimum atomic E-state index is -0.831. The standard InChI is InChI=1S/C13H21N7O5/c14-8-9(19-13(25)20-10(8)22)11(23)17-5-2-1-4-16-7(21)3-6-18-12(15)24/h1-6,14H2,(H,16,21)(H,17,23)(H3,15,18,24)(H2,19,20,22,25). The predicted molar refractivity (Wildman–Crippen MR) is 88.9 cm³/mol. The van der Waals surface area contributed by atoms with E-state index in [1.54, 1.807) is 0 Å². The molecule has 0 aliphatic heterocycles. The number of urea groups is 1. The molecule has 9 N–H and O–H groups in total. The summed E-state index contributed by atoms with van der Waals surface area (Å²) in [5, 5.41) is 7.45. The maximum atomic E-state index is 11.9. The van der Waals surface area contributed by atoms with Gasteiger partial charge in [0.1, 0.15) is 11.4 Å². The highest BCUT2D eigenvalue weighted by Crippen LogP contribution is 1.98. The number of hydrogen-bond acceptors (Lipinski definition) is 6. The average molecular weight is 355 g/mol. The number of hydrogen-bond donors (Lipinski definition) is 7. The number of carbonyl (C=O) groups excluding carboxylic acids is 3. The van der Waals surface area contributed by atoms with Gasteiger partial charge in [0, 0.05) is 26.1 Å². The van der Waals surface area contributed by atoms with Crippen molar-refractivity contribution >= 4 is 23.5 Å². The van der Waals surface area contributed by atoms with Gasteiger partial charge in [0.2, 0.25) is 5.91 Å². The normalized spacial score (nSPS) is 10.1. The molecule has 0 aliphatic rings. The van der Waals surface area contributed by atoms with Gasteiger partial charge in [0.05, 0.1) is 0 Å². The van der Waals surface area contributed by atoms with Crippen LogP contribution in [-0.2, 0) is 4.79 Å². The lowest BCUT2D eigenvalue weighted by Gasteiger charge is -2.07. The highest BCUT2D eigenvalue weighted by molar-refractivity contribution is 5.96. The molecule has 12 heteroatoms. The summed E-state index contributed by atoms with van der Waals surface area (Å²) in [4.78, 5) is 60.2. The van der Waals surface area contributed by atoms with E-state index in [4.69, 9.17) is 11.5 Å². The van der Waals surface area contributed by atoms with E-state index in [1.807, 2.05) is 4.98 Å². The minimum Gasteiger partial charge on any atom is -0.392 e. The van der Waals surface area contributed by atoms with E-state index in [0.29, 0.717) is 19.4 Å². The summed E-state index contributed by atoms with van der Waals surface area (Å²) in [6.07, 6.45) is 1.27. The Morgan fingerprint density at radius 3 is 2.20 bits per heavy atom. The van der Waals surface area contributed by atoms with Gasteiger partial charge >= 0.3 is 11.7 Å². The molecule has 1 heterocycles. The van der Waals surface area contributed by atoms with Gasteiger partial charge < -0.3 is 32.4 Å². The third-order valence-electron chi connectivity index (χ3n) is 3.07. The molecule has 0 saturated carbocycles. The second-order valence-electron chi connectivity index (χ2n) is 5.05. The van der Waals surface area contributed by atoms with Crippen molar-refractivity contribution in [2.45, 2.75) is 19.3 Å². The second-order valence-corrected chi connectivity index (χ2v) is 5.05. The van der Waals surface area contributed by atoms with E-state index in [-0.39, 0.29) is 36.8 Å². The first kappa shape index (κ1) is 19.7. The summed E-state index contributed by atoms with van der Waals surface area (Å²) in [5.41, 5.74) is 8.00. The number of carbonyl (C=O) groups is 3. The number of rotatable bonds is 9. The summed E-state index contributed by atoms with van der Waals surface area (Å²) in [5.74, 6) is -0.895. The van der Waals surface area contributed by atoms with Crippen molar-refractivity contribution in [3.05, 3.63) is 26.5 Å². The molecule has 0 aliphatic carbocycles. The van der Waals surface area contributed by atoms with E-state index in [0.717, 1.165) is 0 Å². The highest BCUT2D eigenvalue weighted by atomic mass is 16.2. The van der Waals surface area contributed by atoms with Crippen molar-refractivity contribution in [2.75, 3.05) is 25.4 Å². The first-order valence-corrected chi connectivity index (χ1v) is 7.51. The zero-order valence-electron chi connectivity index (χ0n) is 13.4. The number of unbranched alkanes of at least 4 members (excludes halogenated alkanes) is 1. The van der Waals surface area contributed by atoms with E-state index < -0.39 is 23.2 Å². The van der Waals surface area contributed by atoms with E-state index >= 15 is 0 Å². The number of aromatic amines is 2. The monoisotopic (exact) mass is 355 g/mol. The molecule has 25 heavy (non-hydrogen) atoms. The zero-order valence-corrected chi connectivity index (χ0v) is 13.4. The number of nitrogens with one attached hydrogen (secondary N) is 5. The number of anilines is 1. The first-order valence-electron chi connectivity index (χ1n) is 7.51. The SMILES string of the molecule is NC(=O)NCCC(=O)NCCCCNC(=O)c1[nH]c(=O)[nH]c(=O)c1N. The molecule has 0 fully saturated rings. The van der Waals surface area contributed by atoms with Gasteiger partial charge in [-0.1, -0.05) is 0 Å². The molecular weight excluding hydrogens is 334 g/mol. The van der Waals surface area contributed by atoms with Crippen LogP contribution in [0.15, 0.2) is 9.59 Å². The lowest BCUT2D eigenvalue weighted by Crippen LogP contribution is -2.35. The first-order chi connectivity index (χ1) is 11.8. The van der Waals surface area contributed by atoms with Crippen LogP contribution in [0.5, 0.6) is 0 Å². The van der Waals surface area contributed by atoms with Crippen molar-refractivity contribution in [3.8, 4) is 0 Å². The molecule has 4 amide bonds. The molecule has 0 unspecified atom stereocenters. The lowest BCUT2D eigenvalue weighted by atomic mass is 10.2. The Labute approximate surface area is 141 Å². The molecule has 0 saturated heterocycles. The second kappa shape index (κ2) is 9.75. The van der Waals surface area contributed by atoms with Crippen molar-refractivity contribution in [1.29, 1.82) is 0 Å². The number of H-pyrrole nitrogens is 2. The molecule has 0 aromatic carbocycles. The molecule has 12 nitrogen and oxygen atoms in total. The molecule has 0 atom stereocenters. The van der Waals surface area contributed by atoms with Crippen LogP contribution in [0, 0.1) is 0 Å². The largest absolute Gasteiger partial charge is 0.392 e. The van der Waals surface area contributed by atoms with Crippen LogP contribution < -0.4 is 38.7 Å². The topological polar surface area (TPSA) is 205 Å². The van der Waals surface area contributed by atoms with Crippen LogP contribution in [-0.4, -0.2) is 47.4 Å². The Bertz CT molecular complexity index is 739. The van der Waals surface area contributed by atoms with Crippen LogP contribution in [0.4, 0.5) is 10.5 Å². The fraction of sp³-hybridized carbons (Fsp3) is 0.462. The molecule has 0 spiro atoms. The van der Waals surface area contributed by atoms with Crippen LogP contribution in [0.25, 0.3) is 0 Å². The third-order valence-corrected chi connectivity index (χ3v) is 3.07. The van der Waals surface area contributed by atoms with E-state index in [2.05, 4.69) is 20.9 Å². The Balaban J connectivity index is 2.23. The van der Waals surface area contributed by atoms with Gasteiger partial charge in [0.15, 0.2) is 0 Å².